The highest BCUT2D eigenvalue weighted by molar-refractivity contribution is 5.73. The summed E-state index contributed by atoms with van der Waals surface area (Å²) in [7, 11) is 0. The summed E-state index contributed by atoms with van der Waals surface area (Å²) in [4.78, 5) is 13.7. The summed E-state index contributed by atoms with van der Waals surface area (Å²) >= 11 is 0. The van der Waals surface area contributed by atoms with Crippen molar-refractivity contribution in [3.05, 3.63) is 70.8 Å². The molecule has 3 rings (SSSR count). The van der Waals surface area contributed by atoms with E-state index in [1.807, 2.05) is 29.2 Å². The number of carbonyl (C=O) groups is 1. The van der Waals surface area contributed by atoms with Gasteiger partial charge in [0, 0.05) is 0 Å². The maximum Gasteiger partial charge on any atom is 0.416 e. The van der Waals surface area contributed by atoms with Crippen LogP contribution in [-0.4, -0.2) is 28.6 Å². The summed E-state index contributed by atoms with van der Waals surface area (Å²) in [6.45, 7) is 4.68. The third-order valence-electron chi connectivity index (χ3n) is 5.61. The van der Waals surface area contributed by atoms with Gasteiger partial charge in [-0.25, -0.2) is 0 Å². The van der Waals surface area contributed by atoms with E-state index >= 15 is 0 Å². The predicted octanol–water partition coefficient (Wildman–Crippen LogP) is 5.86. The van der Waals surface area contributed by atoms with Crippen LogP contribution in [0.4, 0.5) is 13.2 Å². The second kappa shape index (κ2) is 8.57. The first-order chi connectivity index (χ1) is 13.7. The fraction of sp³-hybridized carbons (Fsp3) is 0.435. The zero-order chi connectivity index (χ0) is 21.2. The van der Waals surface area contributed by atoms with Crippen LogP contribution in [0.25, 0.3) is 0 Å². The summed E-state index contributed by atoms with van der Waals surface area (Å²) in [5, 5.41) is 9.73. The van der Waals surface area contributed by atoms with Crippen LogP contribution in [0.1, 0.15) is 67.3 Å². The minimum atomic E-state index is -4.45. The molecule has 1 saturated heterocycles. The lowest BCUT2D eigenvalue weighted by molar-refractivity contribution is -0.145. The normalized spacial score (nSPS) is 19.3. The fourth-order valence-electron chi connectivity index (χ4n) is 4.05. The molecule has 2 atom stereocenters. The smallest absolute Gasteiger partial charge is 0.416 e. The average molecular weight is 405 g/mol. The van der Waals surface area contributed by atoms with Crippen LogP contribution in [0.3, 0.4) is 0 Å². The van der Waals surface area contributed by atoms with E-state index in [4.69, 9.17) is 0 Å². The number of hydrogen-bond acceptors (Lipinski definition) is 2. The van der Waals surface area contributed by atoms with Crippen LogP contribution in [0.5, 0.6) is 0 Å². The number of hydrogen-bond donors (Lipinski definition) is 1. The number of carboxylic acids is 1. The van der Waals surface area contributed by atoms with Gasteiger partial charge in [-0.2, -0.15) is 13.2 Å². The summed E-state index contributed by atoms with van der Waals surface area (Å²) in [5.41, 5.74) is 1.68. The third-order valence-corrected chi connectivity index (χ3v) is 5.61. The monoisotopic (exact) mass is 405 g/mol. The van der Waals surface area contributed by atoms with Gasteiger partial charge in [0.15, 0.2) is 0 Å². The highest BCUT2D eigenvalue weighted by Gasteiger charge is 2.36. The van der Waals surface area contributed by atoms with Crippen LogP contribution >= 0.6 is 0 Å². The Morgan fingerprint density at radius 1 is 1.03 bits per heavy atom. The molecule has 2 unspecified atom stereocenters. The molecule has 0 aromatic heterocycles. The molecular weight excluding hydrogens is 379 g/mol. The van der Waals surface area contributed by atoms with E-state index < -0.39 is 29.8 Å². The Kier molecular flexibility index (Phi) is 6.32. The first kappa shape index (κ1) is 21.4. The van der Waals surface area contributed by atoms with Gasteiger partial charge in [-0.05, 0) is 54.1 Å². The van der Waals surface area contributed by atoms with Gasteiger partial charge in [0.1, 0.15) is 6.04 Å². The van der Waals surface area contributed by atoms with Gasteiger partial charge in [-0.15, -0.1) is 0 Å². The van der Waals surface area contributed by atoms with Crippen LogP contribution in [0.2, 0.25) is 0 Å². The molecule has 29 heavy (non-hydrogen) atoms. The predicted molar refractivity (Wildman–Crippen MR) is 106 cm³/mol. The largest absolute Gasteiger partial charge is 0.480 e. The van der Waals surface area contributed by atoms with Crippen LogP contribution in [0.15, 0.2) is 48.5 Å². The molecule has 0 bridgehead atoms. The molecule has 1 heterocycles. The molecule has 6 heteroatoms. The zero-order valence-electron chi connectivity index (χ0n) is 16.6. The number of rotatable bonds is 5. The van der Waals surface area contributed by atoms with Crippen molar-refractivity contribution in [3.8, 4) is 0 Å². The molecule has 0 amide bonds. The van der Waals surface area contributed by atoms with Crippen LogP contribution in [0, 0.1) is 0 Å². The van der Waals surface area contributed by atoms with Crippen molar-refractivity contribution in [2.24, 2.45) is 0 Å². The Morgan fingerprint density at radius 2 is 1.69 bits per heavy atom. The van der Waals surface area contributed by atoms with Crippen molar-refractivity contribution in [3.63, 3.8) is 0 Å². The van der Waals surface area contributed by atoms with E-state index in [1.165, 1.54) is 6.07 Å². The van der Waals surface area contributed by atoms with Gasteiger partial charge in [-0.3, -0.25) is 9.69 Å². The summed E-state index contributed by atoms with van der Waals surface area (Å²) in [5.74, 6) is -0.599. The Morgan fingerprint density at radius 3 is 2.28 bits per heavy atom. The molecule has 0 radical (unpaired) electrons. The van der Waals surface area contributed by atoms with Gasteiger partial charge in [-0.1, -0.05) is 56.7 Å². The highest BCUT2D eigenvalue weighted by Crippen LogP contribution is 2.37. The maximum atomic E-state index is 13.3. The van der Waals surface area contributed by atoms with Crippen molar-refractivity contribution < 1.29 is 23.1 Å². The van der Waals surface area contributed by atoms with Crippen molar-refractivity contribution in [1.82, 2.24) is 4.90 Å². The molecule has 156 valence electrons. The van der Waals surface area contributed by atoms with Crippen molar-refractivity contribution in [2.75, 3.05) is 6.54 Å². The van der Waals surface area contributed by atoms with E-state index in [-0.39, 0.29) is 0 Å². The molecule has 1 N–H and O–H groups in total. The molecule has 0 aliphatic carbocycles. The van der Waals surface area contributed by atoms with E-state index in [0.717, 1.165) is 36.1 Å². The number of piperidine rings is 1. The summed E-state index contributed by atoms with van der Waals surface area (Å²) < 4.78 is 39.9. The molecule has 3 nitrogen and oxygen atoms in total. The zero-order valence-corrected chi connectivity index (χ0v) is 16.6. The number of benzene rings is 2. The van der Waals surface area contributed by atoms with Crippen LogP contribution in [-0.2, 0) is 11.0 Å². The Hall–Kier alpha value is -2.34. The maximum absolute atomic E-state index is 13.3. The van der Waals surface area contributed by atoms with E-state index in [9.17, 15) is 23.1 Å². The minimum absolute atomic E-state index is 0.331. The molecule has 1 fully saturated rings. The van der Waals surface area contributed by atoms with Crippen LogP contribution < -0.4 is 0 Å². The third kappa shape index (κ3) is 4.81. The lowest BCUT2D eigenvalue weighted by Gasteiger charge is -2.40. The highest BCUT2D eigenvalue weighted by atomic mass is 19.4. The topological polar surface area (TPSA) is 40.5 Å². The number of nitrogens with zero attached hydrogens (tertiary/aromatic N) is 1. The Labute approximate surface area is 169 Å². The van der Waals surface area contributed by atoms with Crippen molar-refractivity contribution in [1.29, 1.82) is 0 Å². The molecule has 2 aromatic rings. The quantitative estimate of drug-likeness (QED) is 0.678. The SMILES string of the molecule is CC(C)c1ccc(C(c2cccc(C(F)(F)F)c2)N2CCCCC2C(=O)O)cc1. The molecule has 1 aliphatic rings. The molecule has 0 saturated carbocycles. The van der Waals surface area contributed by atoms with Gasteiger partial charge >= 0.3 is 12.1 Å². The first-order valence-corrected chi connectivity index (χ1v) is 9.94. The summed E-state index contributed by atoms with van der Waals surface area (Å²) in [6, 6.07) is 11.8. The van der Waals surface area contributed by atoms with Gasteiger partial charge in [0.05, 0.1) is 11.6 Å². The van der Waals surface area contributed by atoms with Gasteiger partial charge in [0.25, 0.3) is 0 Å². The lowest BCUT2D eigenvalue weighted by atomic mass is 9.90. The molecule has 1 aliphatic heterocycles. The minimum Gasteiger partial charge on any atom is -0.480 e. The standard InChI is InChI=1S/C23H26F3NO2/c1-15(2)16-9-11-17(12-10-16)21(27-13-4-3-8-20(27)22(28)29)18-6-5-7-19(14-18)23(24,25)26/h5-7,9-12,14-15,20-21H,3-4,8,13H2,1-2H3,(H,28,29). The van der Waals surface area contributed by atoms with E-state index in [2.05, 4.69) is 13.8 Å². The van der Waals surface area contributed by atoms with Gasteiger partial charge in [0.2, 0.25) is 0 Å². The average Bonchev–Trinajstić information content (AvgIpc) is 2.68. The number of halogens is 3. The first-order valence-electron chi connectivity index (χ1n) is 9.94. The Bertz CT molecular complexity index is 846. The molecule has 2 aromatic carbocycles. The van der Waals surface area contributed by atoms with Crippen molar-refractivity contribution >= 4 is 5.97 Å². The Balaban J connectivity index is 2.10. The number of likely N-dealkylation sites (tertiary alicyclic amines) is 1. The number of carboxylic acid groups (broad SMARTS) is 1. The summed E-state index contributed by atoms with van der Waals surface area (Å²) in [6.07, 6.45) is -2.33. The van der Waals surface area contributed by atoms with E-state index in [1.54, 1.807) is 6.07 Å². The second-order valence-electron chi connectivity index (χ2n) is 7.93. The second-order valence-corrected chi connectivity index (χ2v) is 7.93. The lowest BCUT2D eigenvalue weighted by Crippen LogP contribution is -2.46. The fourth-order valence-corrected chi connectivity index (χ4v) is 4.05. The molecule has 0 spiro atoms. The van der Waals surface area contributed by atoms with Gasteiger partial charge < -0.3 is 5.11 Å². The number of aliphatic carboxylic acids is 1. The van der Waals surface area contributed by atoms with Crippen molar-refractivity contribution in [2.45, 2.75) is 57.3 Å². The van der Waals surface area contributed by atoms with E-state index in [0.29, 0.717) is 24.4 Å². The number of alkyl halides is 3. The molecular formula is C23H26F3NO2.